The van der Waals surface area contributed by atoms with Gasteiger partial charge in [0, 0.05) is 5.56 Å². The number of allylic oxidation sites excluding steroid dienone is 4. The van der Waals surface area contributed by atoms with Crippen molar-refractivity contribution in [2.75, 3.05) is 0 Å². The maximum Gasteiger partial charge on any atom is 0.135 e. The second-order valence-corrected chi connectivity index (χ2v) is 10.2. The van der Waals surface area contributed by atoms with E-state index < -0.39 is 0 Å². The molecule has 6 aromatic rings. The van der Waals surface area contributed by atoms with Gasteiger partial charge in [0.1, 0.15) is 11.5 Å². The summed E-state index contributed by atoms with van der Waals surface area (Å²) in [5.74, 6) is 1.77. The quantitative estimate of drug-likeness (QED) is 0.182. The molecule has 1 nitrogen and oxygen atoms in total. The van der Waals surface area contributed by atoms with Crippen LogP contribution in [0.2, 0.25) is 0 Å². The van der Waals surface area contributed by atoms with Crippen LogP contribution in [0.1, 0.15) is 40.5 Å². The Morgan fingerprint density at radius 1 is 0.703 bits per heavy atom. The monoisotopic (exact) mass is 476 g/mol. The van der Waals surface area contributed by atoms with Gasteiger partial charge in [0.05, 0.1) is 0 Å². The predicted octanol–water partition coefficient (Wildman–Crippen LogP) is 10.1. The van der Waals surface area contributed by atoms with Crippen LogP contribution in [0.25, 0.3) is 61.4 Å². The van der Waals surface area contributed by atoms with Crippen LogP contribution in [0.4, 0.5) is 0 Å². The molecule has 0 bridgehead atoms. The molecule has 7 rings (SSSR count). The first-order chi connectivity index (χ1) is 18.1. The van der Waals surface area contributed by atoms with Crippen molar-refractivity contribution < 1.29 is 4.42 Å². The van der Waals surface area contributed by atoms with Crippen LogP contribution in [0, 0.1) is 13.8 Å². The van der Waals surface area contributed by atoms with E-state index in [0.29, 0.717) is 0 Å². The maximum absolute atomic E-state index is 6.30. The van der Waals surface area contributed by atoms with E-state index in [-0.39, 0.29) is 0 Å². The predicted molar refractivity (Wildman–Crippen MR) is 159 cm³/mol. The highest BCUT2D eigenvalue weighted by Crippen LogP contribution is 2.45. The van der Waals surface area contributed by atoms with E-state index >= 15 is 0 Å². The minimum atomic E-state index is 0.863. The fourth-order valence-electron chi connectivity index (χ4n) is 6.12. The molecule has 0 radical (unpaired) electrons. The lowest BCUT2D eigenvalue weighted by Gasteiger charge is -2.19. The third-order valence-corrected chi connectivity index (χ3v) is 7.88. The molecule has 5 aromatic carbocycles. The largest absolute Gasteiger partial charge is 0.457 e. The molecule has 0 fully saturated rings. The minimum Gasteiger partial charge on any atom is -0.457 e. The molecule has 1 aliphatic rings. The van der Waals surface area contributed by atoms with Crippen LogP contribution >= 0.6 is 0 Å². The fraction of sp³-hybridized carbons (Fsp3) is 0.111. The zero-order chi connectivity index (χ0) is 25.1. The standard InChI is InChI=1S/C36H28O/c1-4-5-6-11-27-12-17-34(37-27)33-19-23(3)29-13-15-30-32(26-20-24-9-7-8-10-25(24)21-26)18-22(2)28-14-16-31(33)36(29)35(28)30/h4-20H,21H2,1-3H3/b5-4-,11-6-. The number of aryl methyl sites for hydroxylation is 2. The molecular weight excluding hydrogens is 448 g/mol. The molecule has 1 aliphatic carbocycles. The SMILES string of the molecule is C/C=C\C=C/c1ccc(-c2cc(C)c3ccc4c(C5=Cc6ccccc6C5)cc(C)c5ccc2c3c54)o1. The van der Waals surface area contributed by atoms with Gasteiger partial charge in [0.2, 0.25) is 0 Å². The molecule has 1 aromatic heterocycles. The van der Waals surface area contributed by atoms with Gasteiger partial charge < -0.3 is 4.42 Å². The van der Waals surface area contributed by atoms with Crippen LogP contribution in [0.3, 0.4) is 0 Å². The third-order valence-electron chi connectivity index (χ3n) is 7.88. The Bertz CT molecular complexity index is 1920. The summed E-state index contributed by atoms with van der Waals surface area (Å²) in [5.41, 5.74) is 9.27. The highest BCUT2D eigenvalue weighted by molar-refractivity contribution is 6.28. The zero-order valence-electron chi connectivity index (χ0n) is 21.4. The molecule has 0 spiro atoms. The van der Waals surface area contributed by atoms with Gasteiger partial charge in [-0.05, 0) is 117 Å². The van der Waals surface area contributed by atoms with Crippen molar-refractivity contribution >= 4 is 50.0 Å². The summed E-state index contributed by atoms with van der Waals surface area (Å²) >= 11 is 0. The highest BCUT2D eigenvalue weighted by atomic mass is 16.3. The van der Waals surface area contributed by atoms with E-state index in [4.69, 9.17) is 4.42 Å². The van der Waals surface area contributed by atoms with E-state index in [1.54, 1.807) is 0 Å². The molecule has 0 aliphatic heterocycles. The number of furan rings is 1. The lowest BCUT2D eigenvalue weighted by Crippen LogP contribution is -1.95. The summed E-state index contributed by atoms with van der Waals surface area (Å²) in [4.78, 5) is 0. The van der Waals surface area contributed by atoms with Gasteiger partial charge in [-0.2, -0.15) is 0 Å². The van der Waals surface area contributed by atoms with Crippen LogP contribution in [-0.4, -0.2) is 0 Å². The van der Waals surface area contributed by atoms with Gasteiger partial charge in [0.25, 0.3) is 0 Å². The molecule has 0 saturated carbocycles. The van der Waals surface area contributed by atoms with E-state index in [1.807, 2.05) is 31.2 Å². The van der Waals surface area contributed by atoms with Crippen LogP contribution < -0.4 is 0 Å². The van der Waals surface area contributed by atoms with Crippen molar-refractivity contribution in [3.05, 3.63) is 125 Å². The second-order valence-electron chi connectivity index (χ2n) is 10.2. The van der Waals surface area contributed by atoms with Crippen LogP contribution in [0.15, 0.2) is 95.4 Å². The van der Waals surface area contributed by atoms with Gasteiger partial charge in [0.15, 0.2) is 0 Å². The molecule has 178 valence electrons. The van der Waals surface area contributed by atoms with E-state index in [2.05, 4.69) is 92.7 Å². The summed E-state index contributed by atoms with van der Waals surface area (Å²) in [5, 5.41) is 7.94. The summed E-state index contributed by atoms with van der Waals surface area (Å²) in [7, 11) is 0. The first-order valence-corrected chi connectivity index (χ1v) is 13.0. The van der Waals surface area contributed by atoms with Crippen molar-refractivity contribution in [3.8, 4) is 11.3 Å². The zero-order valence-corrected chi connectivity index (χ0v) is 21.4. The van der Waals surface area contributed by atoms with Crippen LogP contribution in [0.5, 0.6) is 0 Å². The third kappa shape index (κ3) is 3.38. The number of hydrogen-bond acceptors (Lipinski definition) is 1. The normalized spacial score (nSPS) is 13.6. The van der Waals surface area contributed by atoms with E-state index in [9.17, 15) is 0 Å². The topological polar surface area (TPSA) is 13.1 Å². The molecule has 0 amide bonds. The van der Waals surface area contributed by atoms with Crippen molar-refractivity contribution in [3.63, 3.8) is 0 Å². The molecule has 0 N–H and O–H groups in total. The summed E-state index contributed by atoms with van der Waals surface area (Å²) < 4.78 is 6.30. The van der Waals surface area contributed by atoms with Crippen molar-refractivity contribution in [2.24, 2.45) is 0 Å². The smallest absolute Gasteiger partial charge is 0.135 e. The molecule has 0 atom stereocenters. The molecule has 0 saturated heterocycles. The van der Waals surface area contributed by atoms with Crippen molar-refractivity contribution in [1.82, 2.24) is 0 Å². The number of rotatable bonds is 4. The maximum atomic E-state index is 6.30. The van der Waals surface area contributed by atoms with Crippen molar-refractivity contribution in [2.45, 2.75) is 27.2 Å². The van der Waals surface area contributed by atoms with Crippen molar-refractivity contribution in [1.29, 1.82) is 0 Å². The Balaban J connectivity index is 1.48. The summed E-state index contributed by atoms with van der Waals surface area (Å²) in [6.45, 7) is 6.48. The Morgan fingerprint density at radius 2 is 1.38 bits per heavy atom. The molecular formula is C36H28O. The lowest BCUT2D eigenvalue weighted by molar-refractivity contribution is 0.572. The van der Waals surface area contributed by atoms with E-state index in [0.717, 1.165) is 23.5 Å². The average molecular weight is 477 g/mol. The Kier molecular flexibility index (Phi) is 4.94. The summed E-state index contributed by atoms with van der Waals surface area (Å²) in [6, 6.07) is 26.8. The molecule has 0 unspecified atom stereocenters. The van der Waals surface area contributed by atoms with Gasteiger partial charge >= 0.3 is 0 Å². The average Bonchev–Trinajstić information content (AvgIpc) is 3.56. The first-order valence-electron chi connectivity index (χ1n) is 13.0. The number of benzene rings is 5. The Labute approximate surface area is 217 Å². The second kappa shape index (κ2) is 8.35. The van der Waals surface area contributed by atoms with Gasteiger partial charge in [-0.1, -0.05) is 78.9 Å². The van der Waals surface area contributed by atoms with Gasteiger partial charge in [-0.15, -0.1) is 0 Å². The fourth-order valence-corrected chi connectivity index (χ4v) is 6.12. The van der Waals surface area contributed by atoms with Crippen LogP contribution in [-0.2, 0) is 6.42 Å². The Morgan fingerprint density at radius 3 is 2.11 bits per heavy atom. The Hall–Kier alpha value is -4.36. The van der Waals surface area contributed by atoms with Gasteiger partial charge in [-0.25, -0.2) is 0 Å². The number of fused-ring (bicyclic) bond motifs is 1. The molecule has 1 heteroatoms. The minimum absolute atomic E-state index is 0.863. The van der Waals surface area contributed by atoms with Gasteiger partial charge in [-0.3, -0.25) is 0 Å². The molecule has 37 heavy (non-hydrogen) atoms. The highest BCUT2D eigenvalue weighted by Gasteiger charge is 2.21. The first kappa shape index (κ1) is 21.9. The lowest BCUT2D eigenvalue weighted by atomic mass is 9.84. The molecule has 1 heterocycles. The number of hydrogen-bond donors (Lipinski definition) is 0. The van der Waals surface area contributed by atoms with E-state index in [1.165, 1.54) is 65.7 Å². The summed E-state index contributed by atoms with van der Waals surface area (Å²) in [6.07, 6.45) is 11.4.